The van der Waals surface area contributed by atoms with Crippen LogP contribution in [0.1, 0.15) is 5.69 Å². The van der Waals surface area contributed by atoms with E-state index < -0.39 is 10.0 Å². The van der Waals surface area contributed by atoms with Crippen molar-refractivity contribution >= 4 is 37.8 Å². The molecule has 3 aromatic rings. The van der Waals surface area contributed by atoms with E-state index in [1.807, 2.05) is 0 Å². The van der Waals surface area contributed by atoms with Gasteiger partial charge in [0.05, 0.1) is 11.4 Å². The molecule has 3 rings (SSSR count). The van der Waals surface area contributed by atoms with Crippen LogP contribution >= 0.6 is 11.3 Å². The molecular formula is C11H14N6O2S2. The summed E-state index contributed by atoms with van der Waals surface area (Å²) in [6.07, 6.45) is 3.30. The normalized spacial score (nSPS) is 12.0. The van der Waals surface area contributed by atoms with E-state index in [9.17, 15) is 8.42 Å². The van der Waals surface area contributed by atoms with Crippen molar-refractivity contribution in [1.82, 2.24) is 19.2 Å². The Morgan fingerprint density at radius 1 is 1.38 bits per heavy atom. The number of sulfonamides is 1. The van der Waals surface area contributed by atoms with E-state index >= 15 is 0 Å². The smallest absolute Gasteiger partial charge is 0.281 e. The average molecular weight is 326 g/mol. The van der Waals surface area contributed by atoms with Gasteiger partial charge < -0.3 is 5.32 Å². The van der Waals surface area contributed by atoms with Crippen LogP contribution in [0.5, 0.6) is 0 Å². The van der Waals surface area contributed by atoms with E-state index in [-0.39, 0.29) is 5.03 Å². The Bertz CT molecular complexity index is 905. The molecule has 0 aliphatic carbocycles. The van der Waals surface area contributed by atoms with E-state index in [2.05, 4.69) is 20.1 Å². The molecule has 0 aliphatic heterocycles. The second-order valence-corrected chi connectivity index (χ2v) is 6.95. The van der Waals surface area contributed by atoms with Gasteiger partial charge in [-0.05, 0) is 6.92 Å². The molecule has 0 aliphatic rings. The maximum atomic E-state index is 12.7. The number of imidazole rings is 1. The van der Waals surface area contributed by atoms with Crippen molar-refractivity contribution in [2.75, 3.05) is 17.1 Å². The Hall–Kier alpha value is -2.07. The predicted octanol–water partition coefficient (Wildman–Crippen LogP) is 1.28. The van der Waals surface area contributed by atoms with Crippen molar-refractivity contribution in [3.63, 3.8) is 0 Å². The molecule has 0 amide bonds. The number of thiazole rings is 1. The van der Waals surface area contributed by atoms with Crippen LogP contribution in [0.15, 0.2) is 22.8 Å². The van der Waals surface area contributed by atoms with Gasteiger partial charge in [0.2, 0.25) is 5.03 Å². The van der Waals surface area contributed by atoms with Crippen LogP contribution in [0.25, 0.3) is 4.96 Å². The zero-order valence-electron chi connectivity index (χ0n) is 11.7. The lowest BCUT2D eigenvalue weighted by molar-refractivity contribution is 0.597. The fourth-order valence-corrected chi connectivity index (χ4v) is 4.24. The standard InChI is InChI=1S/C11H14N6O2S2/c1-7-8(6-16(3)14-7)15-21(18,19)10-9(12-2)13-11-17(10)4-5-20-11/h4-6,12,15H,1-3H3. The molecule has 8 nitrogen and oxygen atoms in total. The Balaban J connectivity index is 2.11. The maximum absolute atomic E-state index is 12.7. The minimum absolute atomic E-state index is 0.0875. The molecule has 0 radical (unpaired) electrons. The Kier molecular flexibility index (Phi) is 3.14. The summed E-state index contributed by atoms with van der Waals surface area (Å²) in [5, 5.41) is 8.82. The highest BCUT2D eigenvalue weighted by Crippen LogP contribution is 2.27. The third-order valence-corrected chi connectivity index (χ3v) is 5.11. The molecule has 3 heterocycles. The predicted molar refractivity (Wildman–Crippen MR) is 81.4 cm³/mol. The molecule has 0 spiro atoms. The van der Waals surface area contributed by atoms with E-state index in [0.717, 1.165) is 0 Å². The van der Waals surface area contributed by atoms with Crippen molar-refractivity contribution in [3.05, 3.63) is 23.5 Å². The molecule has 0 aromatic carbocycles. The molecule has 0 atom stereocenters. The van der Waals surface area contributed by atoms with Crippen molar-refractivity contribution in [1.29, 1.82) is 0 Å². The molecule has 0 fully saturated rings. The Morgan fingerprint density at radius 3 is 2.76 bits per heavy atom. The lowest BCUT2D eigenvalue weighted by Gasteiger charge is -2.07. The molecule has 2 N–H and O–H groups in total. The maximum Gasteiger partial charge on any atom is 0.281 e. The van der Waals surface area contributed by atoms with Crippen LogP contribution in [0, 0.1) is 6.92 Å². The number of aryl methyl sites for hydroxylation is 2. The molecule has 21 heavy (non-hydrogen) atoms. The molecule has 112 valence electrons. The largest absolute Gasteiger partial charge is 0.371 e. The van der Waals surface area contributed by atoms with Gasteiger partial charge in [0, 0.05) is 31.9 Å². The first-order valence-electron chi connectivity index (χ1n) is 6.09. The first-order chi connectivity index (χ1) is 9.92. The number of nitrogens with one attached hydrogen (secondary N) is 2. The number of hydrogen-bond acceptors (Lipinski definition) is 6. The summed E-state index contributed by atoms with van der Waals surface area (Å²) in [6.45, 7) is 1.74. The van der Waals surface area contributed by atoms with Gasteiger partial charge in [-0.2, -0.15) is 13.5 Å². The van der Waals surface area contributed by atoms with Crippen molar-refractivity contribution < 1.29 is 8.42 Å². The summed E-state index contributed by atoms with van der Waals surface area (Å²) in [5.41, 5.74) is 1.06. The van der Waals surface area contributed by atoms with E-state index in [1.54, 1.807) is 47.9 Å². The van der Waals surface area contributed by atoms with Gasteiger partial charge in [-0.15, -0.1) is 11.3 Å². The third-order valence-electron chi connectivity index (χ3n) is 2.97. The molecular weight excluding hydrogens is 312 g/mol. The molecule has 0 saturated heterocycles. The molecule has 0 bridgehead atoms. The summed E-state index contributed by atoms with van der Waals surface area (Å²) in [4.78, 5) is 4.87. The fourth-order valence-electron chi connectivity index (χ4n) is 2.08. The Morgan fingerprint density at radius 2 is 2.14 bits per heavy atom. The lowest BCUT2D eigenvalue weighted by Crippen LogP contribution is -2.16. The monoisotopic (exact) mass is 326 g/mol. The second kappa shape index (κ2) is 4.74. The van der Waals surface area contributed by atoms with Crippen molar-refractivity contribution in [3.8, 4) is 0 Å². The van der Waals surface area contributed by atoms with Crippen molar-refractivity contribution in [2.24, 2.45) is 7.05 Å². The molecule has 3 aromatic heterocycles. The van der Waals surface area contributed by atoms with Gasteiger partial charge in [0.15, 0.2) is 10.8 Å². The van der Waals surface area contributed by atoms with Crippen molar-refractivity contribution in [2.45, 2.75) is 11.9 Å². The summed E-state index contributed by atoms with van der Waals surface area (Å²) in [6, 6.07) is 0. The van der Waals surface area contributed by atoms with Gasteiger partial charge >= 0.3 is 0 Å². The minimum atomic E-state index is -3.78. The van der Waals surface area contributed by atoms with Crippen LogP contribution in [0.4, 0.5) is 11.5 Å². The van der Waals surface area contributed by atoms with Gasteiger partial charge in [0.25, 0.3) is 10.0 Å². The number of rotatable bonds is 4. The minimum Gasteiger partial charge on any atom is -0.371 e. The topological polar surface area (TPSA) is 93.3 Å². The first-order valence-corrected chi connectivity index (χ1v) is 8.45. The molecule has 0 unspecified atom stereocenters. The molecule has 0 saturated carbocycles. The number of hydrogen-bond donors (Lipinski definition) is 2. The Labute approximate surface area is 125 Å². The highest BCUT2D eigenvalue weighted by molar-refractivity contribution is 7.92. The zero-order chi connectivity index (χ0) is 15.2. The van der Waals surface area contributed by atoms with Gasteiger partial charge in [-0.3, -0.25) is 13.8 Å². The highest BCUT2D eigenvalue weighted by atomic mass is 32.2. The number of aromatic nitrogens is 4. The summed E-state index contributed by atoms with van der Waals surface area (Å²) in [5.74, 6) is 0.316. The van der Waals surface area contributed by atoms with Gasteiger partial charge in [-0.25, -0.2) is 4.98 Å². The highest BCUT2D eigenvalue weighted by Gasteiger charge is 2.26. The van der Waals surface area contributed by atoms with Crippen LogP contribution < -0.4 is 10.0 Å². The number of nitrogens with zero attached hydrogens (tertiary/aromatic N) is 4. The van der Waals surface area contributed by atoms with Gasteiger partial charge in [-0.1, -0.05) is 0 Å². The first kappa shape index (κ1) is 13.9. The summed E-state index contributed by atoms with van der Waals surface area (Å²) < 4.78 is 31.0. The lowest BCUT2D eigenvalue weighted by atomic mass is 10.4. The van der Waals surface area contributed by atoms with Gasteiger partial charge in [0.1, 0.15) is 0 Å². The third kappa shape index (κ3) is 2.25. The molecule has 10 heteroatoms. The van der Waals surface area contributed by atoms with Crippen LogP contribution in [-0.4, -0.2) is 34.6 Å². The zero-order valence-corrected chi connectivity index (χ0v) is 13.3. The quantitative estimate of drug-likeness (QED) is 0.753. The van der Waals surface area contributed by atoms with E-state index in [1.165, 1.54) is 11.3 Å². The fraction of sp³-hybridized carbons (Fsp3) is 0.273. The van der Waals surface area contributed by atoms with E-state index in [0.29, 0.717) is 22.2 Å². The van der Waals surface area contributed by atoms with E-state index in [4.69, 9.17) is 0 Å². The number of fused-ring (bicyclic) bond motifs is 1. The van der Waals surface area contributed by atoms with Crippen LogP contribution in [0.2, 0.25) is 0 Å². The van der Waals surface area contributed by atoms with Crippen LogP contribution in [-0.2, 0) is 17.1 Å². The summed E-state index contributed by atoms with van der Waals surface area (Å²) >= 11 is 1.37. The SMILES string of the molecule is CNc1nc2sccn2c1S(=O)(=O)Nc1cn(C)nc1C. The number of anilines is 2. The van der Waals surface area contributed by atoms with Crippen LogP contribution in [0.3, 0.4) is 0 Å². The second-order valence-electron chi connectivity index (χ2n) is 4.48. The summed E-state index contributed by atoms with van der Waals surface area (Å²) in [7, 11) is -0.402. The average Bonchev–Trinajstić information content (AvgIpc) is 3.02.